The summed E-state index contributed by atoms with van der Waals surface area (Å²) in [5.41, 5.74) is 3.11. The van der Waals surface area contributed by atoms with E-state index in [9.17, 15) is 19.7 Å². The van der Waals surface area contributed by atoms with E-state index < -0.39 is 16.7 Å². The Hall–Kier alpha value is -3.75. The molecule has 2 amide bonds. The molecule has 26 heavy (non-hydrogen) atoms. The minimum Gasteiger partial charge on any atom is -0.497 e. The van der Waals surface area contributed by atoms with Crippen LogP contribution < -0.4 is 15.5 Å². The average molecular weight is 356 g/mol. The van der Waals surface area contributed by atoms with Crippen LogP contribution >= 0.6 is 0 Å². The van der Waals surface area contributed by atoms with Crippen molar-refractivity contribution >= 4 is 23.7 Å². The van der Waals surface area contributed by atoms with Crippen LogP contribution in [0.4, 0.5) is 5.69 Å². The third-order valence-electron chi connectivity index (χ3n) is 3.25. The molecule has 0 aromatic heterocycles. The van der Waals surface area contributed by atoms with Gasteiger partial charge >= 0.3 is 0 Å². The lowest BCUT2D eigenvalue weighted by atomic mass is 10.2. The molecule has 0 saturated carbocycles. The van der Waals surface area contributed by atoms with Crippen molar-refractivity contribution in [2.24, 2.45) is 5.10 Å². The molecule has 9 nitrogen and oxygen atoms in total. The normalized spacial score (nSPS) is 10.3. The summed E-state index contributed by atoms with van der Waals surface area (Å²) in [6, 6.07) is 12.1. The van der Waals surface area contributed by atoms with E-state index in [2.05, 4.69) is 15.8 Å². The molecule has 0 unspecified atom stereocenters. The third-order valence-corrected chi connectivity index (χ3v) is 3.25. The lowest BCUT2D eigenvalue weighted by Gasteiger charge is -2.04. The predicted molar refractivity (Wildman–Crippen MR) is 94.2 cm³/mol. The molecule has 0 aliphatic carbocycles. The molecule has 0 aliphatic rings. The predicted octanol–water partition coefficient (Wildman–Crippen LogP) is 1.48. The first-order valence-corrected chi connectivity index (χ1v) is 7.48. The SMILES string of the molecule is COc1cccc(/C=N\NC(=O)CNC(=O)c2ccc([N+](=O)[O-])cc2)c1. The second-order valence-electron chi connectivity index (χ2n) is 5.06. The summed E-state index contributed by atoms with van der Waals surface area (Å²) in [6.07, 6.45) is 1.44. The monoisotopic (exact) mass is 356 g/mol. The molecule has 0 atom stereocenters. The number of hydrogen-bond donors (Lipinski definition) is 2. The number of nitrogens with zero attached hydrogens (tertiary/aromatic N) is 2. The summed E-state index contributed by atoms with van der Waals surface area (Å²) in [5.74, 6) is -0.373. The second-order valence-corrected chi connectivity index (χ2v) is 5.06. The van der Waals surface area contributed by atoms with Gasteiger partial charge in [0.2, 0.25) is 0 Å². The zero-order valence-electron chi connectivity index (χ0n) is 13.8. The van der Waals surface area contributed by atoms with Crippen LogP contribution in [-0.4, -0.2) is 36.6 Å². The smallest absolute Gasteiger partial charge is 0.269 e. The maximum absolute atomic E-state index is 11.9. The van der Waals surface area contributed by atoms with Gasteiger partial charge in [-0.1, -0.05) is 12.1 Å². The zero-order chi connectivity index (χ0) is 18.9. The molecule has 0 saturated heterocycles. The summed E-state index contributed by atoms with van der Waals surface area (Å²) in [4.78, 5) is 33.6. The highest BCUT2D eigenvalue weighted by Crippen LogP contribution is 2.12. The van der Waals surface area contributed by atoms with E-state index in [-0.39, 0.29) is 17.8 Å². The molecular formula is C17H16N4O5. The Bertz CT molecular complexity index is 833. The Morgan fingerprint density at radius 2 is 1.96 bits per heavy atom. The van der Waals surface area contributed by atoms with Gasteiger partial charge in [0.05, 0.1) is 24.8 Å². The molecule has 0 spiro atoms. The highest BCUT2D eigenvalue weighted by Gasteiger charge is 2.10. The fourth-order valence-electron chi connectivity index (χ4n) is 1.94. The Morgan fingerprint density at radius 3 is 2.62 bits per heavy atom. The van der Waals surface area contributed by atoms with Crippen molar-refractivity contribution in [1.82, 2.24) is 10.7 Å². The van der Waals surface area contributed by atoms with E-state index >= 15 is 0 Å². The van der Waals surface area contributed by atoms with Crippen LogP contribution in [0.2, 0.25) is 0 Å². The minimum atomic E-state index is -0.560. The van der Waals surface area contributed by atoms with Gasteiger partial charge < -0.3 is 10.1 Å². The molecule has 134 valence electrons. The number of nitrogens with one attached hydrogen (secondary N) is 2. The number of benzene rings is 2. The number of methoxy groups -OCH3 is 1. The number of hydrogen-bond acceptors (Lipinski definition) is 6. The van der Waals surface area contributed by atoms with Gasteiger partial charge in [-0.3, -0.25) is 19.7 Å². The summed E-state index contributed by atoms with van der Waals surface area (Å²) in [5, 5.41) is 16.8. The fraction of sp³-hybridized carbons (Fsp3) is 0.118. The third kappa shape index (κ3) is 5.41. The molecule has 0 heterocycles. The standard InChI is InChI=1S/C17H16N4O5/c1-26-15-4-2-3-12(9-15)10-19-20-16(22)11-18-17(23)13-5-7-14(8-6-13)21(24)25/h2-10H,11H2,1H3,(H,18,23)(H,20,22)/b19-10-. The summed E-state index contributed by atoms with van der Waals surface area (Å²) in [7, 11) is 1.55. The molecule has 0 fully saturated rings. The van der Waals surface area contributed by atoms with E-state index in [0.29, 0.717) is 5.75 Å². The van der Waals surface area contributed by atoms with Crippen molar-refractivity contribution < 1.29 is 19.2 Å². The first-order chi connectivity index (χ1) is 12.5. The fourth-order valence-corrected chi connectivity index (χ4v) is 1.94. The van der Waals surface area contributed by atoms with Crippen LogP contribution in [0.1, 0.15) is 15.9 Å². The number of hydrazone groups is 1. The quantitative estimate of drug-likeness (QED) is 0.442. The molecule has 2 N–H and O–H groups in total. The molecule has 9 heteroatoms. The average Bonchev–Trinajstić information content (AvgIpc) is 2.66. The summed E-state index contributed by atoms with van der Waals surface area (Å²) >= 11 is 0. The minimum absolute atomic E-state index is 0.119. The lowest BCUT2D eigenvalue weighted by molar-refractivity contribution is -0.384. The van der Waals surface area contributed by atoms with Crippen LogP contribution in [0, 0.1) is 10.1 Å². The number of rotatable bonds is 7. The van der Waals surface area contributed by atoms with Crippen molar-refractivity contribution in [2.45, 2.75) is 0 Å². The van der Waals surface area contributed by atoms with E-state index in [1.807, 2.05) is 0 Å². The van der Waals surface area contributed by atoms with Crippen molar-refractivity contribution in [2.75, 3.05) is 13.7 Å². The van der Waals surface area contributed by atoms with Crippen LogP contribution in [0.3, 0.4) is 0 Å². The van der Waals surface area contributed by atoms with E-state index in [1.165, 1.54) is 30.5 Å². The Balaban J connectivity index is 1.81. The number of carbonyl (C=O) groups excluding carboxylic acids is 2. The number of non-ortho nitro benzene ring substituents is 1. The van der Waals surface area contributed by atoms with Crippen LogP contribution in [0.5, 0.6) is 5.75 Å². The molecule has 2 aromatic rings. The first-order valence-electron chi connectivity index (χ1n) is 7.48. The zero-order valence-corrected chi connectivity index (χ0v) is 13.8. The van der Waals surface area contributed by atoms with Gasteiger partial charge in [-0.05, 0) is 29.8 Å². The molecule has 2 aromatic carbocycles. The maximum Gasteiger partial charge on any atom is 0.269 e. The number of carbonyl (C=O) groups is 2. The van der Waals surface area contributed by atoms with Crippen molar-refractivity contribution in [3.8, 4) is 5.75 Å². The van der Waals surface area contributed by atoms with Gasteiger partial charge in [0.25, 0.3) is 17.5 Å². The van der Waals surface area contributed by atoms with Gasteiger partial charge in [-0.2, -0.15) is 5.10 Å². The van der Waals surface area contributed by atoms with Crippen LogP contribution in [0.25, 0.3) is 0 Å². The number of amides is 2. The lowest BCUT2D eigenvalue weighted by Crippen LogP contribution is -2.34. The highest BCUT2D eigenvalue weighted by molar-refractivity contribution is 5.96. The Morgan fingerprint density at radius 1 is 1.23 bits per heavy atom. The number of nitro groups is 1. The van der Waals surface area contributed by atoms with Crippen LogP contribution in [0.15, 0.2) is 53.6 Å². The molecule has 0 bridgehead atoms. The van der Waals surface area contributed by atoms with Crippen LogP contribution in [-0.2, 0) is 4.79 Å². The summed E-state index contributed by atoms with van der Waals surface area (Å²) in [6.45, 7) is -0.286. The van der Waals surface area contributed by atoms with Gasteiger partial charge in [0, 0.05) is 17.7 Å². The highest BCUT2D eigenvalue weighted by atomic mass is 16.6. The Kier molecular flexibility index (Phi) is 6.38. The van der Waals surface area contributed by atoms with Gasteiger partial charge in [-0.25, -0.2) is 5.43 Å². The van der Waals surface area contributed by atoms with E-state index in [0.717, 1.165) is 5.56 Å². The molecular weight excluding hydrogens is 340 g/mol. The van der Waals surface area contributed by atoms with Crippen molar-refractivity contribution in [3.63, 3.8) is 0 Å². The van der Waals surface area contributed by atoms with E-state index in [1.54, 1.807) is 31.4 Å². The summed E-state index contributed by atoms with van der Waals surface area (Å²) < 4.78 is 5.08. The van der Waals surface area contributed by atoms with Gasteiger partial charge in [0.1, 0.15) is 5.75 Å². The largest absolute Gasteiger partial charge is 0.497 e. The van der Waals surface area contributed by atoms with E-state index in [4.69, 9.17) is 4.74 Å². The second kappa shape index (κ2) is 8.92. The molecule has 0 aliphatic heterocycles. The number of ether oxygens (including phenoxy) is 1. The van der Waals surface area contributed by atoms with Gasteiger partial charge in [-0.15, -0.1) is 0 Å². The number of nitro benzene ring substituents is 1. The molecule has 0 radical (unpaired) electrons. The maximum atomic E-state index is 11.9. The first kappa shape index (κ1) is 18.6. The molecule has 2 rings (SSSR count). The van der Waals surface area contributed by atoms with Crippen molar-refractivity contribution in [3.05, 3.63) is 69.8 Å². The topological polar surface area (TPSA) is 123 Å². The Labute approximate surface area is 148 Å². The van der Waals surface area contributed by atoms with Crippen molar-refractivity contribution in [1.29, 1.82) is 0 Å². The van der Waals surface area contributed by atoms with Gasteiger partial charge in [0.15, 0.2) is 0 Å².